The molecule has 1 amide bonds. The van der Waals surface area contributed by atoms with E-state index in [4.69, 9.17) is 9.88 Å². The van der Waals surface area contributed by atoms with Crippen LogP contribution in [0.2, 0.25) is 0 Å². The van der Waals surface area contributed by atoms with Crippen LogP contribution in [-0.2, 0) is 31.4 Å². The van der Waals surface area contributed by atoms with Gasteiger partial charge in [-0.3, -0.25) is 9.10 Å². The van der Waals surface area contributed by atoms with Crippen LogP contribution in [0.3, 0.4) is 0 Å². The summed E-state index contributed by atoms with van der Waals surface area (Å²) in [6.45, 7) is 2.02. The van der Waals surface area contributed by atoms with E-state index in [-0.39, 0.29) is 24.0 Å². The van der Waals surface area contributed by atoms with Gasteiger partial charge < -0.3 is 10.1 Å². The van der Waals surface area contributed by atoms with Crippen molar-refractivity contribution < 1.29 is 26.4 Å². The first kappa shape index (κ1) is 22.7. The van der Waals surface area contributed by atoms with Gasteiger partial charge in [0.25, 0.3) is 5.91 Å². The SMILES string of the molecule is CCN(c1ccc(OCC(=O)NCc2ccc(S(N)(=O)=O)cc2)cc1)S(C)(=O)=O. The van der Waals surface area contributed by atoms with Crippen molar-refractivity contribution in [3.05, 3.63) is 54.1 Å². The fourth-order valence-electron chi connectivity index (χ4n) is 2.51. The molecule has 0 spiro atoms. The zero-order valence-corrected chi connectivity index (χ0v) is 17.7. The van der Waals surface area contributed by atoms with Crippen molar-refractivity contribution in [3.8, 4) is 5.75 Å². The van der Waals surface area contributed by atoms with Gasteiger partial charge in [0.05, 0.1) is 16.8 Å². The van der Waals surface area contributed by atoms with E-state index in [2.05, 4.69) is 5.32 Å². The van der Waals surface area contributed by atoms with Crippen LogP contribution >= 0.6 is 0 Å². The van der Waals surface area contributed by atoms with Crippen molar-refractivity contribution in [1.29, 1.82) is 0 Å². The first-order valence-corrected chi connectivity index (χ1v) is 12.0. The van der Waals surface area contributed by atoms with Gasteiger partial charge in [0.2, 0.25) is 20.0 Å². The van der Waals surface area contributed by atoms with Gasteiger partial charge in [-0.05, 0) is 48.9 Å². The minimum atomic E-state index is -3.75. The van der Waals surface area contributed by atoms with Gasteiger partial charge in [-0.15, -0.1) is 0 Å². The number of nitrogens with zero attached hydrogens (tertiary/aromatic N) is 1. The molecule has 0 aromatic heterocycles. The largest absolute Gasteiger partial charge is 0.484 e. The minimum Gasteiger partial charge on any atom is -0.484 e. The molecule has 0 bridgehead atoms. The summed E-state index contributed by atoms with van der Waals surface area (Å²) in [6.07, 6.45) is 1.13. The topological polar surface area (TPSA) is 136 Å². The molecule has 2 aromatic carbocycles. The Morgan fingerprint density at radius 3 is 2.10 bits per heavy atom. The zero-order chi connectivity index (χ0) is 21.7. The van der Waals surface area contributed by atoms with Crippen LogP contribution in [0.25, 0.3) is 0 Å². The Balaban J connectivity index is 1.86. The first-order chi connectivity index (χ1) is 13.5. The third-order valence-electron chi connectivity index (χ3n) is 3.92. The minimum absolute atomic E-state index is 0.00290. The lowest BCUT2D eigenvalue weighted by Gasteiger charge is -2.20. The molecule has 158 valence electrons. The molecule has 0 aliphatic heterocycles. The van der Waals surface area contributed by atoms with Crippen molar-refractivity contribution >= 4 is 31.6 Å². The average Bonchev–Trinajstić information content (AvgIpc) is 2.65. The highest BCUT2D eigenvalue weighted by Crippen LogP contribution is 2.21. The zero-order valence-electron chi connectivity index (χ0n) is 16.0. The number of hydrogen-bond acceptors (Lipinski definition) is 6. The smallest absolute Gasteiger partial charge is 0.258 e. The van der Waals surface area contributed by atoms with Gasteiger partial charge in [-0.25, -0.2) is 22.0 Å². The molecule has 9 nitrogen and oxygen atoms in total. The van der Waals surface area contributed by atoms with E-state index in [1.165, 1.54) is 16.4 Å². The van der Waals surface area contributed by atoms with Crippen molar-refractivity contribution in [1.82, 2.24) is 5.32 Å². The predicted octanol–water partition coefficient (Wildman–Crippen LogP) is 0.815. The molecule has 0 aliphatic rings. The summed E-state index contributed by atoms with van der Waals surface area (Å²) in [4.78, 5) is 11.9. The Bertz CT molecular complexity index is 1050. The molecule has 0 atom stereocenters. The Morgan fingerprint density at radius 1 is 1.03 bits per heavy atom. The van der Waals surface area contributed by atoms with E-state index in [0.717, 1.165) is 6.26 Å². The van der Waals surface area contributed by atoms with E-state index >= 15 is 0 Å². The fourth-order valence-corrected chi connectivity index (χ4v) is 4.00. The number of amides is 1. The Hall–Kier alpha value is -2.63. The van der Waals surface area contributed by atoms with Gasteiger partial charge in [0, 0.05) is 13.1 Å². The van der Waals surface area contributed by atoms with E-state index in [0.29, 0.717) is 23.5 Å². The number of nitrogens with one attached hydrogen (secondary N) is 1. The third kappa shape index (κ3) is 6.73. The normalized spacial score (nSPS) is 11.7. The maximum atomic E-state index is 11.9. The monoisotopic (exact) mass is 441 g/mol. The molecule has 0 fully saturated rings. The van der Waals surface area contributed by atoms with Crippen LogP contribution in [-0.4, -0.2) is 42.2 Å². The molecular weight excluding hydrogens is 418 g/mol. The summed E-state index contributed by atoms with van der Waals surface area (Å²) in [5.74, 6) is 0.0573. The van der Waals surface area contributed by atoms with E-state index in [1.807, 2.05) is 0 Å². The molecule has 11 heteroatoms. The van der Waals surface area contributed by atoms with Crippen LogP contribution in [0, 0.1) is 0 Å². The Morgan fingerprint density at radius 2 is 1.62 bits per heavy atom. The van der Waals surface area contributed by atoms with Crippen LogP contribution < -0.4 is 19.5 Å². The lowest BCUT2D eigenvalue weighted by Crippen LogP contribution is -2.29. The molecule has 0 aliphatic carbocycles. The number of ether oxygens (including phenoxy) is 1. The molecule has 0 saturated heterocycles. The number of nitrogens with two attached hydrogens (primary N) is 1. The number of benzene rings is 2. The number of carbonyl (C=O) groups is 1. The van der Waals surface area contributed by atoms with Crippen LogP contribution in [0.4, 0.5) is 5.69 Å². The predicted molar refractivity (Wildman–Crippen MR) is 109 cm³/mol. The fraction of sp³-hybridized carbons (Fsp3) is 0.278. The Labute approximate surface area is 170 Å². The summed E-state index contributed by atoms with van der Waals surface area (Å²) >= 11 is 0. The molecule has 0 saturated carbocycles. The summed E-state index contributed by atoms with van der Waals surface area (Å²) in [5.41, 5.74) is 1.21. The second-order valence-corrected chi connectivity index (χ2v) is 9.64. The van der Waals surface area contributed by atoms with Gasteiger partial charge in [0.1, 0.15) is 5.75 Å². The maximum Gasteiger partial charge on any atom is 0.258 e. The highest BCUT2D eigenvalue weighted by molar-refractivity contribution is 7.92. The second kappa shape index (κ2) is 9.25. The molecular formula is C18H23N3O6S2. The molecule has 2 rings (SSSR count). The number of primary sulfonamides is 1. The average molecular weight is 442 g/mol. The van der Waals surface area contributed by atoms with E-state index in [1.54, 1.807) is 43.3 Å². The highest BCUT2D eigenvalue weighted by atomic mass is 32.2. The molecule has 3 N–H and O–H groups in total. The molecule has 2 aromatic rings. The summed E-state index contributed by atoms with van der Waals surface area (Å²) in [5, 5.41) is 7.69. The number of sulfonamides is 2. The molecule has 0 radical (unpaired) electrons. The Kier molecular flexibility index (Phi) is 7.22. The maximum absolute atomic E-state index is 11.9. The summed E-state index contributed by atoms with van der Waals surface area (Å²) < 4.78 is 52.5. The van der Waals surface area contributed by atoms with Gasteiger partial charge >= 0.3 is 0 Å². The van der Waals surface area contributed by atoms with E-state index in [9.17, 15) is 21.6 Å². The van der Waals surface area contributed by atoms with Gasteiger partial charge in [-0.2, -0.15) is 0 Å². The third-order valence-corrected chi connectivity index (χ3v) is 6.12. The molecule has 0 heterocycles. The number of anilines is 1. The van der Waals surface area contributed by atoms with Gasteiger partial charge in [-0.1, -0.05) is 12.1 Å². The number of rotatable bonds is 9. The standard InChI is InChI=1S/C18H23N3O6S2/c1-3-21(28(2,23)24)15-6-8-16(9-7-15)27-13-18(22)20-12-14-4-10-17(11-5-14)29(19,25)26/h4-11H,3,12-13H2,1-2H3,(H,20,22)(H2,19,25,26). The number of hydrogen-bond donors (Lipinski definition) is 2. The quantitative estimate of drug-likeness (QED) is 0.591. The second-order valence-electron chi connectivity index (χ2n) is 6.18. The summed E-state index contributed by atoms with van der Waals surface area (Å²) in [7, 11) is -7.12. The van der Waals surface area contributed by atoms with Crippen molar-refractivity contribution in [2.45, 2.75) is 18.4 Å². The molecule has 0 unspecified atom stereocenters. The lowest BCUT2D eigenvalue weighted by molar-refractivity contribution is -0.123. The van der Waals surface area contributed by atoms with Crippen LogP contribution in [0.5, 0.6) is 5.75 Å². The van der Waals surface area contributed by atoms with Crippen LogP contribution in [0.1, 0.15) is 12.5 Å². The number of carbonyl (C=O) groups excluding carboxylic acids is 1. The lowest BCUT2D eigenvalue weighted by atomic mass is 10.2. The van der Waals surface area contributed by atoms with Gasteiger partial charge in [0.15, 0.2) is 6.61 Å². The van der Waals surface area contributed by atoms with Crippen molar-refractivity contribution in [3.63, 3.8) is 0 Å². The van der Waals surface area contributed by atoms with Crippen molar-refractivity contribution in [2.75, 3.05) is 23.7 Å². The first-order valence-electron chi connectivity index (χ1n) is 8.59. The highest BCUT2D eigenvalue weighted by Gasteiger charge is 2.15. The molecule has 29 heavy (non-hydrogen) atoms. The van der Waals surface area contributed by atoms with E-state index < -0.39 is 20.0 Å². The van der Waals surface area contributed by atoms with Crippen LogP contribution in [0.15, 0.2) is 53.4 Å². The summed E-state index contributed by atoms with van der Waals surface area (Å²) in [6, 6.07) is 12.2. The van der Waals surface area contributed by atoms with Crippen molar-refractivity contribution in [2.24, 2.45) is 5.14 Å².